The van der Waals surface area contributed by atoms with Crippen LogP contribution in [0.4, 0.5) is 0 Å². The molecule has 0 saturated carbocycles. The van der Waals surface area contributed by atoms with Gasteiger partial charge < -0.3 is 8.98 Å². The molecule has 10 rings (SSSR count). The van der Waals surface area contributed by atoms with E-state index in [4.69, 9.17) is 23.5 Å². The standard InChI is InChI=1S/C40H38N3O.C24H28GeN.Ir/c1-24(2)31-22-27(26-14-9-8-10-15-26)23-32(25(3)4)36(31)43-33-20-21-35(40(5,6)7)41-38(33)42-39(43)30-18-13-17-29-28-16-11-12-19-34(28)44-37(29)30;1-18-12-14-19(15-13-18)23-16-21(22(17-26-23)25(4,5)6)24(2,3)20-10-8-7-9-11-20;/h8-17,19-25H,1-7H3;7-14,16-17H,1-6H3;/q2*-1;/i;1D3;. The first kappa shape index (κ1) is 47.4. The van der Waals surface area contributed by atoms with Gasteiger partial charge in [-0.3, -0.25) is 4.98 Å². The molecule has 0 atom stereocenters. The summed E-state index contributed by atoms with van der Waals surface area (Å²) in [6.45, 7) is 18.1. The molecule has 0 bridgehead atoms. The Morgan fingerprint density at radius 3 is 1.97 bits per heavy atom. The third-order valence-electron chi connectivity index (χ3n) is 13.6. The van der Waals surface area contributed by atoms with Gasteiger partial charge in [-0.05, 0) is 64.4 Å². The minimum absolute atomic E-state index is 0. The molecule has 0 amide bonds. The van der Waals surface area contributed by atoms with Gasteiger partial charge in [0.2, 0.25) is 0 Å². The summed E-state index contributed by atoms with van der Waals surface area (Å²) in [6, 6.07) is 56.4. The monoisotopic (exact) mass is 1180 g/mol. The predicted molar refractivity (Wildman–Crippen MR) is 298 cm³/mol. The quantitative estimate of drug-likeness (QED) is 0.107. The Morgan fingerprint density at radius 2 is 1.35 bits per heavy atom. The van der Waals surface area contributed by atoms with E-state index >= 15 is 0 Å². The number of aryl methyl sites for hydroxylation is 1. The fourth-order valence-corrected chi connectivity index (χ4v) is 13.0. The van der Waals surface area contributed by atoms with E-state index in [-0.39, 0.29) is 42.8 Å². The van der Waals surface area contributed by atoms with Crippen molar-refractivity contribution in [3.8, 4) is 39.5 Å². The molecule has 71 heavy (non-hydrogen) atoms. The molecule has 0 aliphatic heterocycles. The number of furan rings is 1. The van der Waals surface area contributed by atoms with E-state index in [0.29, 0.717) is 5.56 Å². The maximum Gasteiger partial charge on any atom is 0 e. The minimum Gasteiger partial charge on any atom is 0 e. The number of para-hydroxylation sites is 1. The van der Waals surface area contributed by atoms with Crippen molar-refractivity contribution in [1.29, 1.82) is 0 Å². The van der Waals surface area contributed by atoms with Crippen LogP contribution < -0.4 is 4.40 Å². The van der Waals surface area contributed by atoms with E-state index in [1.54, 1.807) is 12.1 Å². The Kier molecular flexibility index (Phi) is 13.6. The normalized spacial score (nSPS) is 13.0. The smallest absolute Gasteiger partial charge is 0 e. The van der Waals surface area contributed by atoms with Gasteiger partial charge in [0.05, 0.1) is 16.9 Å². The van der Waals surface area contributed by atoms with Crippen molar-refractivity contribution in [2.24, 2.45) is 0 Å². The van der Waals surface area contributed by atoms with Crippen LogP contribution in [0.3, 0.4) is 0 Å². The maximum atomic E-state index is 7.56. The third-order valence-corrected chi connectivity index (χ3v) is 17.8. The van der Waals surface area contributed by atoms with Gasteiger partial charge in [-0.25, -0.2) is 4.98 Å². The van der Waals surface area contributed by atoms with Crippen LogP contribution in [0.25, 0.3) is 72.6 Å². The van der Waals surface area contributed by atoms with Gasteiger partial charge in [-0.1, -0.05) is 108 Å². The summed E-state index contributed by atoms with van der Waals surface area (Å²) in [5.41, 5.74) is 15.6. The largest absolute Gasteiger partial charge is 0 e. The molecule has 4 aromatic heterocycles. The molecular formula is C64H66GeIrN4O-2. The van der Waals surface area contributed by atoms with Crippen molar-refractivity contribution in [2.45, 2.75) is 109 Å². The second kappa shape index (κ2) is 20.3. The van der Waals surface area contributed by atoms with Crippen molar-refractivity contribution >= 4 is 50.8 Å². The van der Waals surface area contributed by atoms with Gasteiger partial charge in [0.25, 0.3) is 0 Å². The number of rotatable bonds is 9. The summed E-state index contributed by atoms with van der Waals surface area (Å²) in [5.74, 6) is 8.49. The van der Waals surface area contributed by atoms with E-state index < -0.39 is 20.1 Å². The summed E-state index contributed by atoms with van der Waals surface area (Å²) in [7, 11) is 0. The zero-order valence-corrected chi connectivity index (χ0v) is 47.6. The Hall–Kier alpha value is -5.92. The second-order valence-corrected chi connectivity index (χ2v) is 32.4. The van der Waals surface area contributed by atoms with Crippen LogP contribution in [0.15, 0.2) is 156 Å². The summed E-state index contributed by atoms with van der Waals surface area (Å²) in [6.07, 6.45) is 2.04. The van der Waals surface area contributed by atoms with Crippen LogP contribution >= 0.6 is 0 Å². The van der Waals surface area contributed by atoms with Gasteiger partial charge in [0.1, 0.15) is 5.58 Å². The van der Waals surface area contributed by atoms with E-state index in [2.05, 4.69) is 199 Å². The summed E-state index contributed by atoms with van der Waals surface area (Å²) >= 11 is -2.18. The number of pyridine rings is 2. The molecule has 0 fully saturated rings. The van der Waals surface area contributed by atoms with E-state index in [9.17, 15) is 0 Å². The third kappa shape index (κ3) is 10.3. The first-order valence-electron chi connectivity index (χ1n) is 26.1. The number of nitrogens with zero attached hydrogens (tertiary/aromatic N) is 4. The van der Waals surface area contributed by atoms with Crippen LogP contribution in [0.5, 0.6) is 0 Å². The van der Waals surface area contributed by atoms with Crippen LogP contribution in [0.2, 0.25) is 17.3 Å². The molecule has 7 heteroatoms. The number of fused-ring (bicyclic) bond motifs is 4. The Morgan fingerprint density at radius 1 is 0.690 bits per heavy atom. The fraction of sp³-hybridized carbons (Fsp3) is 0.266. The number of hydrogen-bond acceptors (Lipinski definition) is 4. The summed E-state index contributed by atoms with van der Waals surface area (Å²) in [4.78, 5) is 15.2. The van der Waals surface area contributed by atoms with Gasteiger partial charge in [-0.2, -0.15) is 0 Å². The van der Waals surface area contributed by atoms with Crippen molar-refractivity contribution in [1.82, 2.24) is 19.5 Å². The van der Waals surface area contributed by atoms with Crippen LogP contribution in [0.1, 0.15) is 112 Å². The predicted octanol–water partition coefficient (Wildman–Crippen LogP) is 16.7. The first-order valence-corrected chi connectivity index (χ1v) is 31.9. The van der Waals surface area contributed by atoms with Crippen LogP contribution in [0, 0.1) is 19.0 Å². The molecule has 6 aromatic carbocycles. The minimum atomic E-state index is -2.18. The topological polar surface area (TPSA) is 56.7 Å². The average Bonchev–Trinajstić information content (AvgIpc) is 3.94. The van der Waals surface area contributed by atoms with E-state index in [1.165, 1.54) is 43.5 Å². The summed E-state index contributed by atoms with van der Waals surface area (Å²) in [5, 5.41) is 2.15. The first-order chi connectivity index (χ1) is 34.5. The van der Waals surface area contributed by atoms with Gasteiger partial charge in [0, 0.05) is 42.3 Å². The van der Waals surface area contributed by atoms with Crippen molar-refractivity contribution < 1.29 is 28.6 Å². The fourth-order valence-electron chi connectivity index (χ4n) is 9.56. The molecule has 5 nitrogen and oxygen atoms in total. The van der Waals surface area contributed by atoms with Crippen LogP contribution in [-0.4, -0.2) is 32.8 Å². The van der Waals surface area contributed by atoms with Crippen molar-refractivity contribution in [3.63, 3.8) is 0 Å². The van der Waals surface area contributed by atoms with E-state index in [1.807, 2.05) is 36.5 Å². The van der Waals surface area contributed by atoms with Crippen LogP contribution in [-0.2, 0) is 30.9 Å². The average molecular weight is 1180 g/mol. The number of hydrogen-bond donors (Lipinski definition) is 0. The van der Waals surface area contributed by atoms with E-state index in [0.717, 1.165) is 61.4 Å². The second-order valence-electron chi connectivity index (χ2n) is 21.8. The van der Waals surface area contributed by atoms with Crippen molar-refractivity contribution in [2.75, 3.05) is 0 Å². The molecule has 1 radical (unpaired) electrons. The molecule has 0 saturated heterocycles. The zero-order chi connectivity index (χ0) is 52.2. The number of imidazole rings is 1. The molecule has 4 heterocycles. The SMILES string of the molecule is CC(C)c1cc(-c2ccccc2)cc(C(C)C)c1-n1c(-c2[c-]ccc3c2oc2ccccc23)nc2nc(C(C)(C)C)ccc21.[2H]C([2H])([2H])c1c[c-]c(-c2cc(C(C)(C)c3ccccc3)[c]([Ge]([CH3])([CH3])[CH3])cn2)cc1.[Ir]. The Labute approximate surface area is 442 Å². The van der Waals surface area contributed by atoms with Crippen molar-refractivity contribution in [3.05, 3.63) is 197 Å². The number of benzene rings is 6. The Balaban J connectivity index is 0.000000212. The number of aromatic nitrogens is 4. The molecule has 0 aliphatic rings. The zero-order valence-electron chi connectivity index (χ0n) is 46.1. The molecule has 0 spiro atoms. The molecule has 0 unspecified atom stereocenters. The van der Waals surface area contributed by atoms with Gasteiger partial charge >= 0.3 is 165 Å². The molecule has 0 aliphatic carbocycles. The molecule has 10 aromatic rings. The molecular weight excluding hydrogens is 1110 g/mol. The van der Waals surface area contributed by atoms with Gasteiger partial charge in [0.15, 0.2) is 5.65 Å². The molecule has 0 N–H and O–H groups in total. The Bertz CT molecular complexity index is 3570. The maximum absolute atomic E-state index is 7.56. The van der Waals surface area contributed by atoms with Gasteiger partial charge in [-0.15, -0.1) is 18.2 Å². The molecule has 363 valence electrons. The summed E-state index contributed by atoms with van der Waals surface area (Å²) < 4.78 is 32.9.